The van der Waals surface area contributed by atoms with Gasteiger partial charge < -0.3 is 14.6 Å². The second-order valence-corrected chi connectivity index (χ2v) is 8.29. The van der Waals surface area contributed by atoms with Crippen LogP contribution in [0.4, 0.5) is 0 Å². The van der Waals surface area contributed by atoms with E-state index >= 15 is 0 Å². The van der Waals surface area contributed by atoms with Gasteiger partial charge in [-0.15, -0.1) is 0 Å². The van der Waals surface area contributed by atoms with Gasteiger partial charge >= 0.3 is 11.9 Å². The van der Waals surface area contributed by atoms with Crippen LogP contribution < -0.4 is 0 Å². The summed E-state index contributed by atoms with van der Waals surface area (Å²) in [6.07, 6.45) is -0.309. The Hall–Kier alpha value is -1.95. The first-order chi connectivity index (χ1) is 12.1. The zero-order valence-corrected chi connectivity index (χ0v) is 15.7. The molecule has 2 aliphatic carbocycles. The molecule has 1 N–H and O–H groups in total. The molecular weight excluding hydrogens is 336 g/mol. The highest BCUT2D eigenvalue weighted by Crippen LogP contribution is 2.56. The Morgan fingerprint density at radius 1 is 1.38 bits per heavy atom. The van der Waals surface area contributed by atoms with Crippen LogP contribution in [0.5, 0.6) is 0 Å². The maximum absolute atomic E-state index is 12.9. The zero-order valence-electron chi connectivity index (χ0n) is 15.7. The summed E-state index contributed by atoms with van der Waals surface area (Å²) >= 11 is 0. The van der Waals surface area contributed by atoms with Crippen molar-refractivity contribution in [1.29, 1.82) is 0 Å². The number of hydrogen-bond acceptors (Lipinski definition) is 6. The van der Waals surface area contributed by atoms with E-state index in [1.54, 1.807) is 20.8 Å². The molecule has 7 atom stereocenters. The summed E-state index contributed by atoms with van der Waals surface area (Å²) in [7, 11) is 0. The number of hydrogen-bond donors (Lipinski definition) is 1. The van der Waals surface area contributed by atoms with Gasteiger partial charge in [0.25, 0.3) is 0 Å². The third kappa shape index (κ3) is 2.71. The predicted molar refractivity (Wildman–Crippen MR) is 92.8 cm³/mol. The first-order valence-electron chi connectivity index (χ1n) is 9.04. The maximum Gasteiger partial charge on any atom is 0.334 e. The van der Waals surface area contributed by atoms with E-state index in [-0.39, 0.29) is 29.6 Å². The molecule has 2 saturated carbocycles. The summed E-state index contributed by atoms with van der Waals surface area (Å²) in [5.41, 5.74) is -0.0841. The minimum atomic E-state index is -1.08. The Balaban J connectivity index is 2.10. The summed E-state index contributed by atoms with van der Waals surface area (Å²) < 4.78 is 11.2. The topological polar surface area (TPSA) is 89.9 Å². The molecule has 26 heavy (non-hydrogen) atoms. The molecule has 1 heterocycles. The van der Waals surface area contributed by atoms with Gasteiger partial charge in [0.1, 0.15) is 18.0 Å². The molecule has 0 spiro atoms. The van der Waals surface area contributed by atoms with Gasteiger partial charge in [-0.05, 0) is 33.1 Å². The first kappa shape index (κ1) is 18.8. The van der Waals surface area contributed by atoms with Crippen LogP contribution in [0.1, 0.15) is 40.5 Å². The van der Waals surface area contributed by atoms with Gasteiger partial charge in [0, 0.05) is 24.0 Å². The summed E-state index contributed by atoms with van der Waals surface area (Å²) in [5.74, 6) is -2.24. The molecular formula is C20H26O6. The maximum atomic E-state index is 12.9. The fraction of sp³-hybridized carbons (Fsp3) is 0.650. The number of esters is 2. The Morgan fingerprint density at radius 2 is 2.04 bits per heavy atom. The van der Waals surface area contributed by atoms with Crippen LogP contribution in [-0.4, -0.2) is 41.1 Å². The minimum Gasteiger partial charge on any atom is -0.458 e. The van der Waals surface area contributed by atoms with Crippen LogP contribution in [-0.2, 0) is 23.9 Å². The molecule has 0 aromatic carbocycles. The number of allylic oxidation sites excluding steroid dienone is 1. The van der Waals surface area contributed by atoms with E-state index < -0.39 is 41.6 Å². The van der Waals surface area contributed by atoms with E-state index in [0.717, 1.165) is 5.57 Å². The number of fused-ring (bicyclic) bond motifs is 2. The number of ether oxygens (including phenoxy) is 2. The number of rotatable bonds is 2. The lowest BCUT2D eigenvalue weighted by Crippen LogP contribution is -2.49. The van der Waals surface area contributed by atoms with Crippen LogP contribution in [0, 0.1) is 23.2 Å². The van der Waals surface area contributed by atoms with Gasteiger partial charge in [0.05, 0.1) is 17.4 Å². The van der Waals surface area contributed by atoms with Crippen molar-refractivity contribution in [3.63, 3.8) is 0 Å². The van der Waals surface area contributed by atoms with E-state index in [4.69, 9.17) is 9.47 Å². The molecule has 0 amide bonds. The SMILES string of the molecule is C=C1C(=O)OC2CC(C)C3C(O)CC(=O)C3(C)C(OC(=O)C=C(C)C)C12. The van der Waals surface area contributed by atoms with E-state index in [2.05, 4.69) is 6.58 Å². The Bertz CT molecular complexity index is 703. The molecule has 0 radical (unpaired) electrons. The summed E-state index contributed by atoms with van der Waals surface area (Å²) in [6.45, 7) is 11.1. The molecule has 1 saturated heterocycles. The van der Waals surface area contributed by atoms with Crippen LogP contribution in [0.25, 0.3) is 0 Å². The van der Waals surface area contributed by atoms with Gasteiger partial charge in [0.15, 0.2) is 0 Å². The van der Waals surface area contributed by atoms with Gasteiger partial charge in [-0.2, -0.15) is 0 Å². The molecule has 142 valence electrons. The molecule has 0 aromatic heterocycles. The lowest BCUT2D eigenvalue weighted by atomic mass is 9.67. The number of carbonyl (C=O) groups excluding carboxylic acids is 3. The lowest BCUT2D eigenvalue weighted by molar-refractivity contribution is -0.161. The standard InChI is InChI=1S/C20H26O6/c1-9(2)6-15(23)26-18-16-11(4)19(24)25-13(16)7-10(3)17-12(21)8-14(22)20(17,18)5/h6,10,12-13,16-18,21H,4,7-8H2,1-3,5H3. The normalized spacial score (nSPS) is 41.8. The average Bonchev–Trinajstić information content (AvgIpc) is 2.87. The highest BCUT2D eigenvalue weighted by Gasteiger charge is 2.65. The highest BCUT2D eigenvalue weighted by molar-refractivity contribution is 5.93. The van der Waals surface area contributed by atoms with Crippen molar-refractivity contribution < 1.29 is 29.0 Å². The zero-order chi connectivity index (χ0) is 19.4. The quantitative estimate of drug-likeness (QED) is 0.597. The lowest BCUT2D eigenvalue weighted by Gasteiger charge is -2.40. The molecule has 1 aliphatic heterocycles. The Labute approximate surface area is 153 Å². The summed E-state index contributed by atoms with van der Waals surface area (Å²) in [6, 6.07) is 0. The van der Waals surface area contributed by atoms with Crippen molar-refractivity contribution >= 4 is 17.7 Å². The van der Waals surface area contributed by atoms with Crippen molar-refractivity contribution in [3.05, 3.63) is 23.8 Å². The second-order valence-electron chi connectivity index (χ2n) is 8.29. The molecule has 6 heteroatoms. The van der Waals surface area contributed by atoms with Crippen LogP contribution in [0.2, 0.25) is 0 Å². The van der Waals surface area contributed by atoms with Gasteiger partial charge in [-0.25, -0.2) is 9.59 Å². The first-order valence-corrected chi connectivity index (χ1v) is 9.04. The van der Waals surface area contributed by atoms with Crippen LogP contribution in [0.15, 0.2) is 23.8 Å². The highest BCUT2D eigenvalue weighted by atomic mass is 16.6. The van der Waals surface area contributed by atoms with Gasteiger partial charge in [0.2, 0.25) is 0 Å². The molecule has 6 nitrogen and oxygen atoms in total. The molecule has 0 bridgehead atoms. The van der Waals surface area contributed by atoms with E-state index in [9.17, 15) is 19.5 Å². The molecule has 3 fully saturated rings. The predicted octanol–water partition coefficient (Wildman–Crippen LogP) is 1.96. The van der Waals surface area contributed by atoms with Crippen LogP contribution in [0.3, 0.4) is 0 Å². The average molecular weight is 362 g/mol. The smallest absolute Gasteiger partial charge is 0.334 e. The number of ketones is 1. The third-order valence-corrected chi connectivity index (χ3v) is 6.21. The number of carbonyl (C=O) groups is 3. The number of aliphatic hydroxyl groups is 1. The minimum absolute atomic E-state index is 0.0286. The monoisotopic (exact) mass is 362 g/mol. The van der Waals surface area contributed by atoms with Crippen molar-refractivity contribution in [1.82, 2.24) is 0 Å². The largest absolute Gasteiger partial charge is 0.458 e. The number of Topliss-reactive ketones (excluding diaryl/α,β-unsaturated/α-hetero) is 1. The fourth-order valence-corrected chi connectivity index (χ4v) is 5.14. The number of aliphatic hydroxyl groups excluding tert-OH is 1. The van der Waals surface area contributed by atoms with Gasteiger partial charge in [-0.1, -0.05) is 19.1 Å². The van der Waals surface area contributed by atoms with E-state index in [1.165, 1.54) is 6.08 Å². The van der Waals surface area contributed by atoms with E-state index in [0.29, 0.717) is 6.42 Å². The molecule has 3 aliphatic rings. The molecule has 3 rings (SSSR count). The molecule has 0 aromatic rings. The summed E-state index contributed by atoms with van der Waals surface area (Å²) in [4.78, 5) is 37.4. The van der Waals surface area contributed by atoms with E-state index in [1.807, 2.05) is 6.92 Å². The molecule has 7 unspecified atom stereocenters. The van der Waals surface area contributed by atoms with Crippen molar-refractivity contribution in [3.8, 4) is 0 Å². The van der Waals surface area contributed by atoms with Crippen molar-refractivity contribution in [2.24, 2.45) is 23.2 Å². The van der Waals surface area contributed by atoms with Crippen LogP contribution >= 0.6 is 0 Å². The third-order valence-electron chi connectivity index (χ3n) is 6.21. The van der Waals surface area contributed by atoms with Crippen molar-refractivity contribution in [2.75, 3.05) is 0 Å². The second kappa shape index (κ2) is 6.34. The Kier molecular flexibility index (Phi) is 4.59. The van der Waals surface area contributed by atoms with Crippen molar-refractivity contribution in [2.45, 2.75) is 58.8 Å². The Morgan fingerprint density at radius 3 is 2.65 bits per heavy atom. The summed E-state index contributed by atoms with van der Waals surface area (Å²) in [5, 5.41) is 10.5. The fourth-order valence-electron chi connectivity index (χ4n) is 5.14. The van der Waals surface area contributed by atoms with Gasteiger partial charge in [-0.3, -0.25) is 4.79 Å².